The summed E-state index contributed by atoms with van der Waals surface area (Å²) >= 11 is 2.11. The van der Waals surface area contributed by atoms with Crippen molar-refractivity contribution in [1.29, 1.82) is 0 Å². The van der Waals surface area contributed by atoms with Crippen LogP contribution >= 0.6 is 11.8 Å². The van der Waals surface area contributed by atoms with E-state index in [0.717, 1.165) is 17.5 Å². The smallest absolute Gasteiger partial charge is 0.121 e. The molecule has 1 fully saturated rings. The van der Waals surface area contributed by atoms with E-state index in [1.807, 2.05) is 0 Å². The van der Waals surface area contributed by atoms with E-state index in [2.05, 4.69) is 49.1 Å². The van der Waals surface area contributed by atoms with Crippen LogP contribution in [0.3, 0.4) is 0 Å². The second-order valence-corrected chi connectivity index (χ2v) is 6.73. The van der Waals surface area contributed by atoms with E-state index in [9.17, 15) is 0 Å². The molecular weight excluding hydrogens is 254 g/mol. The molecule has 2 nitrogen and oxygen atoms in total. The zero-order chi connectivity index (χ0) is 13.7. The van der Waals surface area contributed by atoms with E-state index in [1.165, 1.54) is 36.1 Å². The highest BCUT2D eigenvalue weighted by atomic mass is 32.2. The van der Waals surface area contributed by atoms with Crippen molar-refractivity contribution in [2.24, 2.45) is 0 Å². The van der Waals surface area contributed by atoms with Crippen LogP contribution in [-0.4, -0.2) is 24.2 Å². The molecule has 0 spiro atoms. The third-order valence-corrected chi connectivity index (χ3v) is 5.19. The molecule has 0 bridgehead atoms. The standard InChI is InChI=1S/C16H25NOS/c1-4-19-16-7-5-6-14(16)17-11-13-8-9-15(18-3)12(2)10-13/h8-10,14,16-17H,4-7,11H2,1-3H3. The van der Waals surface area contributed by atoms with Gasteiger partial charge < -0.3 is 10.1 Å². The summed E-state index contributed by atoms with van der Waals surface area (Å²) in [5, 5.41) is 4.55. The van der Waals surface area contributed by atoms with Crippen LogP contribution in [0.1, 0.15) is 37.3 Å². The summed E-state index contributed by atoms with van der Waals surface area (Å²) in [6, 6.07) is 7.14. The molecule has 0 aliphatic heterocycles. The van der Waals surface area contributed by atoms with Gasteiger partial charge in [-0.2, -0.15) is 11.8 Å². The second kappa shape index (κ2) is 7.20. The molecule has 2 rings (SSSR count). The fourth-order valence-electron chi connectivity index (χ4n) is 2.87. The Morgan fingerprint density at radius 2 is 2.21 bits per heavy atom. The van der Waals surface area contributed by atoms with Gasteiger partial charge in [0.05, 0.1) is 7.11 Å². The number of nitrogens with one attached hydrogen (secondary N) is 1. The lowest BCUT2D eigenvalue weighted by atomic mass is 10.1. The lowest BCUT2D eigenvalue weighted by Gasteiger charge is -2.20. The first kappa shape index (κ1) is 14.7. The first-order chi connectivity index (χ1) is 9.24. The van der Waals surface area contributed by atoms with Gasteiger partial charge in [-0.25, -0.2) is 0 Å². The van der Waals surface area contributed by atoms with Crippen LogP contribution in [0, 0.1) is 6.92 Å². The predicted octanol–water partition coefficient (Wildman–Crippen LogP) is 3.77. The van der Waals surface area contributed by atoms with E-state index >= 15 is 0 Å². The molecular formula is C16H25NOS. The molecule has 1 aromatic carbocycles. The fraction of sp³-hybridized carbons (Fsp3) is 0.625. The Bertz CT molecular complexity index is 408. The van der Waals surface area contributed by atoms with Crippen molar-refractivity contribution in [3.63, 3.8) is 0 Å². The number of thioether (sulfide) groups is 1. The number of rotatable bonds is 6. The Morgan fingerprint density at radius 3 is 2.89 bits per heavy atom. The largest absolute Gasteiger partial charge is 0.496 e. The van der Waals surface area contributed by atoms with E-state index in [1.54, 1.807) is 7.11 Å². The maximum atomic E-state index is 5.30. The van der Waals surface area contributed by atoms with Gasteiger partial charge in [0.15, 0.2) is 0 Å². The van der Waals surface area contributed by atoms with Gasteiger partial charge in [0.2, 0.25) is 0 Å². The second-order valence-electron chi connectivity index (χ2n) is 5.22. The Hall–Kier alpha value is -0.670. The SMILES string of the molecule is CCSC1CCCC1NCc1ccc(OC)c(C)c1. The molecule has 0 heterocycles. The Morgan fingerprint density at radius 1 is 1.37 bits per heavy atom. The number of hydrogen-bond donors (Lipinski definition) is 1. The summed E-state index contributed by atoms with van der Waals surface area (Å²) in [6.45, 7) is 5.33. The highest BCUT2D eigenvalue weighted by molar-refractivity contribution is 7.99. The van der Waals surface area contributed by atoms with Gasteiger partial charge in [-0.1, -0.05) is 25.5 Å². The maximum absolute atomic E-state index is 5.30. The lowest BCUT2D eigenvalue weighted by molar-refractivity contribution is 0.411. The third kappa shape index (κ3) is 3.90. The summed E-state index contributed by atoms with van der Waals surface area (Å²) in [4.78, 5) is 0. The van der Waals surface area contributed by atoms with Crippen molar-refractivity contribution in [2.75, 3.05) is 12.9 Å². The molecule has 0 radical (unpaired) electrons. The van der Waals surface area contributed by atoms with Crippen LogP contribution in [0.25, 0.3) is 0 Å². The van der Waals surface area contributed by atoms with Crippen molar-refractivity contribution in [3.8, 4) is 5.75 Å². The first-order valence-corrected chi connectivity index (χ1v) is 8.28. The van der Waals surface area contributed by atoms with Crippen LogP contribution in [-0.2, 0) is 6.54 Å². The Labute approximate surface area is 121 Å². The highest BCUT2D eigenvalue weighted by Crippen LogP contribution is 2.30. The predicted molar refractivity (Wildman–Crippen MR) is 84.1 cm³/mol. The van der Waals surface area contributed by atoms with Crippen LogP contribution in [0.5, 0.6) is 5.75 Å². The molecule has 1 aliphatic rings. The number of benzene rings is 1. The van der Waals surface area contributed by atoms with Crippen molar-refractivity contribution in [3.05, 3.63) is 29.3 Å². The average molecular weight is 279 g/mol. The molecule has 0 aromatic heterocycles. The normalized spacial score (nSPS) is 22.7. The first-order valence-electron chi connectivity index (χ1n) is 7.23. The molecule has 0 amide bonds. The van der Waals surface area contributed by atoms with E-state index in [-0.39, 0.29) is 0 Å². The summed E-state index contributed by atoms with van der Waals surface area (Å²) in [5.41, 5.74) is 2.57. The van der Waals surface area contributed by atoms with Gasteiger partial charge in [0.25, 0.3) is 0 Å². The zero-order valence-corrected chi connectivity index (χ0v) is 13.1. The molecule has 1 aromatic rings. The van der Waals surface area contributed by atoms with Gasteiger partial charge in [-0.05, 0) is 42.7 Å². The topological polar surface area (TPSA) is 21.3 Å². The third-order valence-electron chi connectivity index (χ3n) is 3.86. The van der Waals surface area contributed by atoms with E-state index in [0.29, 0.717) is 6.04 Å². The van der Waals surface area contributed by atoms with Crippen molar-refractivity contribution in [1.82, 2.24) is 5.32 Å². The van der Waals surface area contributed by atoms with E-state index in [4.69, 9.17) is 4.74 Å². The fourth-order valence-corrected chi connectivity index (χ4v) is 4.10. The Balaban J connectivity index is 1.89. The number of aryl methyl sites for hydroxylation is 1. The van der Waals surface area contributed by atoms with Crippen LogP contribution < -0.4 is 10.1 Å². The van der Waals surface area contributed by atoms with Gasteiger partial charge in [-0.3, -0.25) is 0 Å². The molecule has 2 unspecified atom stereocenters. The minimum atomic E-state index is 0.687. The molecule has 1 aliphatic carbocycles. The molecule has 19 heavy (non-hydrogen) atoms. The van der Waals surface area contributed by atoms with Gasteiger partial charge in [0.1, 0.15) is 5.75 Å². The van der Waals surface area contributed by atoms with Gasteiger partial charge in [0, 0.05) is 17.8 Å². The van der Waals surface area contributed by atoms with Crippen LogP contribution in [0.4, 0.5) is 0 Å². The molecule has 0 saturated heterocycles. The zero-order valence-electron chi connectivity index (χ0n) is 12.2. The quantitative estimate of drug-likeness (QED) is 0.856. The summed E-state index contributed by atoms with van der Waals surface area (Å²) < 4.78 is 5.30. The van der Waals surface area contributed by atoms with Crippen molar-refractivity contribution >= 4 is 11.8 Å². The van der Waals surface area contributed by atoms with E-state index < -0.39 is 0 Å². The lowest BCUT2D eigenvalue weighted by Crippen LogP contribution is -2.33. The summed E-state index contributed by atoms with van der Waals surface area (Å²) in [5.74, 6) is 2.20. The van der Waals surface area contributed by atoms with Gasteiger partial charge >= 0.3 is 0 Å². The molecule has 3 heteroatoms. The number of hydrogen-bond acceptors (Lipinski definition) is 3. The van der Waals surface area contributed by atoms with Gasteiger partial charge in [-0.15, -0.1) is 0 Å². The van der Waals surface area contributed by atoms with Crippen molar-refractivity contribution in [2.45, 2.75) is 50.9 Å². The molecule has 1 saturated carbocycles. The molecule has 2 atom stereocenters. The summed E-state index contributed by atoms with van der Waals surface area (Å²) in [6.07, 6.45) is 4.07. The highest BCUT2D eigenvalue weighted by Gasteiger charge is 2.26. The molecule has 106 valence electrons. The molecule has 1 N–H and O–H groups in total. The van der Waals surface area contributed by atoms with Crippen LogP contribution in [0.2, 0.25) is 0 Å². The summed E-state index contributed by atoms with van der Waals surface area (Å²) in [7, 11) is 1.73. The Kier molecular flexibility index (Phi) is 5.59. The van der Waals surface area contributed by atoms with Crippen molar-refractivity contribution < 1.29 is 4.74 Å². The van der Waals surface area contributed by atoms with Crippen LogP contribution in [0.15, 0.2) is 18.2 Å². The number of ether oxygens (including phenoxy) is 1. The number of methoxy groups -OCH3 is 1. The average Bonchev–Trinajstić information content (AvgIpc) is 2.84. The minimum Gasteiger partial charge on any atom is -0.496 e. The minimum absolute atomic E-state index is 0.687. The monoisotopic (exact) mass is 279 g/mol. The maximum Gasteiger partial charge on any atom is 0.121 e.